The number of furan rings is 1. The van der Waals surface area contributed by atoms with E-state index >= 15 is 0 Å². The lowest BCUT2D eigenvalue weighted by atomic mass is 9.53. The highest BCUT2D eigenvalue weighted by molar-refractivity contribution is 5.86. The minimum Gasteiger partial charge on any atom is -0.659 e. The van der Waals surface area contributed by atoms with Gasteiger partial charge in [-0.25, -0.2) is 14.3 Å². The van der Waals surface area contributed by atoms with Gasteiger partial charge in [0.15, 0.2) is 22.8 Å². The van der Waals surface area contributed by atoms with Crippen LogP contribution >= 0.6 is 0 Å². The van der Waals surface area contributed by atoms with Gasteiger partial charge in [0, 0.05) is 6.07 Å². The zero-order valence-corrected chi connectivity index (χ0v) is 18.0. The maximum absolute atomic E-state index is 13.1. The quantitative estimate of drug-likeness (QED) is 0.543. The first-order valence-corrected chi connectivity index (χ1v) is 11.0. The molecule has 0 spiro atoms. The summed E-state index contributed by atoms with van der Waals surface area (Å²) < 4.78 is 44.7. The smallest absolute Gasteiger partial charge is 0.433 e. The molecule has 1 N–H and O–H groups in total. The number of aromatic carboxylic acids is 1. The fourth-order valence-corrected chi connectivity index (χ4v) is 6.17. The number of halogens is 3. The number of hydrogen-bond donors (Lipinski definition) is 1. The third-order valence-corrected chi connectivity index (χ3v) is 7.19. The van der Waals surface area contributed by atoms with Crippen LogP contribution in [-0.4, -0.2) is 38.3 Å². The topological polar surface area (TPSA) is 94.7 Å². The van der Waals surface area contributed by atoms with E-state index in [9.17, 15) is 18.0 Å². The minimum atomic E-state index is -4.72. The second-order valence-corrected chi connectivity index (χ2v) is 9.47. The van der Waals surface area contributed by atoms with Crippen molar-refractivity contribution in [2.75, 3.05) is 7.05 Å². The van der Waals surface area contributed by atoms with Crippen molar-refractivity contribution in [1.82, 2.24) is 14.6 Å². The molecule has 0 atom stereocenters. The number of aromatic nitrogens is 3. The van der Waals surface area contributed by atoms with Gasteiger partial charge in [-0.2, -0.15) is 25.3 Å². The highest BCUT2D eigenvalue weighted by Gasteiger charge is 2.45. The summed E-state index contributed by atoms with van der Waals surface area (Å²) in [5.41, 5.74) is -1.48. The van der Waals surface area contributed by atoms with E-state index in [-0.39, 0.29) is 17.1 Å². The van der Waals surface area contributed by atoms with E-state index in [2.05, 4.69) is 15.4 Å². The third-order valence-electron chi connectivity index (χ3n) is 7.19. The third kappa shape index (κ3) is 4.12. The van der Waals surface area contributed by atoms with E-state index in [4.69, 9.17) is 9.52 Å². The molecule has 0 aromatic carbocycles. The van der Waals surface area contributed by atoms with E-state index in [1.54, 1.807) is 0 Å². The summed E-state index contributed by atoms with van der Waals surface area (Å²) in [6.45, 7) is 0. The fraction of sp³-hybridized carbons (Fsp3) is 0.522. The van der Waals surface area contributed by atoms with Crippen LogP contribution < -0.4 is 0 Å². The summed E-state index contributed by atoms with van der Waals surface area (Å²) in [6, 6.07) is 4.68. The van der Waals surface area contributed by atoms with Crippen molar-refractivity contribution < 1.29 is 27.5 Å². The number of nitrogens with zero attached hydrogens (tertiary/aromatic N) is 4. The molecule has 7 nitrogen and oxygen atoms in total. The first kappa shape index (κ1) is 21.9. The molecule has 4 aliphatic carbocycles. The summed E-state index contributed by atoms with van der Waals surface area (Å²) in [5, 5.41) is 16.9. The van der Waals surface area contributed by atoms with Gasteiger partial charge in [0.1, 0.15) is 5.69 Å². The number of carboxylic acids is 1. The highest BCUT2D eigenvalue weighted by atomic mass is 19.4. The van der Waals surface area contributed by atoms with E-state index < -0.39 is 23.5 Å². The SMILES string of the molecule is C[N-]C12CC3CC(CC(C3)C1)C2.O=C(O)c1cc2nc(-c3ccco3)cc(C(F)(F)F)n2n1. The van der Waals surface area contributed by atoms with E-state index in [1.165, 1.54) is 56.9 Å². The molecular formula is C23H24F3N4O3-. The van der Waals surface area contributed by atoms with Gasteiger partial charge >= 0.3 is 12.1 Å². The van der Waals surface area contributed by atoms with Crippen molar-refractivity contribution in [2.45, 2.75) is 50.2 Å². The lowest BCUT2D eigenvalue weighted by Gasteiger charge is -2.63. The van der Waals surface area contributed by atoms with E-state index in [1.807, 2.05) is 7.05 Å². The zero-order valence-electron chi connectivity index (χ0n) is 18.0. The summed E-state index contributed by atoms with van der Waals surface area (Å²) in [6.07, 6.45) is 5.47. The molecule has 0 aliphatic heterocycles. The normalized spacial score (nSPS) is 28.1. The van der Waals surface area contributed by atoms with E-state index in [0.717, 1.165) is 29.9 Å². The van der Waals surface area contributed by atoms with Gasteiger partial charge in [-0.1, -0.05) is 19.3 Å². The molecule has 3 aromatic heterocycles. The van der Waals surface area contributed by atoms with Gasteiger partial charge < -0.3 is 14.8 Å². The fourth-order valence-electron chi connectivity index (χ4n) is 6.17. The first-order chi connectivity index (χ1) is 15.7. The highest BCUT2D eigenvalue weighted by Crippen LogP contribution is 2.58. The lowest BCUT2D eigenvalue weighted by Crippen LogP contribution is -2.49. The van der Waals surface area contributed by atoms with Crippen LogP contribution in [0.3, 0.4) is 0 Å². The van der Waals surface area contributed by atoms with Crippen molar-refractivity contribution >= 4 is 11.6 Å². The van der Waals surface area contributed by atoms with Gasteiger partial charge in [-0.15, -0.1) is 5.54 Å². The van der Waals surface area contributed by atoms with Crippen molar-refractivity contribution in [3.63, 3.8) is 0 Å². The average molecular weight is 461 g/mol. The van der Waals surface area contributed by atoms with Crippen LogP contribution in [0.15, 0.2) is 34.9 Å². The Morgan fingerprint density at radius 1 is 1.18 bits per heavy atom. The van der Waals surface area contributed by atoms with Gasteiger partial charge in [0.25, 0.3) is 0 Å². The van der Waals surface area contributed by atoms with Gasteiger partial charge in [-0.05, 0) is 55.2 Å². The number of carboxylic acid groups (broad SMARTS) is 1. The van der Waals surface area contributed by atoms with Crippen molar-refractivity contribution in [1.29, 1.82) is 0 Å². The molecule has 4 saturated carbocycles. The Morgan fingerprint density at radius 2 is 1.82 bits per heavy atom. The molecule has 0 amide bonds. The summed E-state index contributed by atoms with van der Waals surface area (Å²) in [7, 11) is 2.05. The molecule has 10 heteroatoms. The van der Waals surface area contributed by atoms with Crippen LogP contribution in [-0.2, 0) is 6.18 Å². The number of carbonyl (C=O) groups is 1. The van der Waals surface area contributed by atoms with E-state index in [0.29, 0.717) is 10.1 Å². The van der Waals surface area contributed by atoms with Crippen molar-refractivity contribution in [2.24, 2.45) is 17.8 Å². The van der Waals surface area contributed by atoms with Crippen molar-refractivity contribution in [3.8, 4) is 11.5 Å². The maximum Gasteiger partial charge on any atom is 0.433 e. The van der Waals surface area contributed by atoms with Gasteiger partial charge in [-0.3, -0.25) is 0 Å². The molecule has 3 aromatic rings. The molecule has 4 bridgehead atoms. The Kier molecular flexibility index (Phi) is 5.23. The second kappa shape index (κ2) is 7.86. The summed E-state index contributed by atoms with van der Waals surface area (Å²) in [5.74, 6) is 1.87. The van der Waals surface area contributed by atoms with Crippen molar-refractivity contribution in [3.05, 3.63) is 47.2 Å². The van der Waals surface area contributed by atoms with Crippen LogP contribution in [0, 0.1) is 17.8 Å². The molecule has 7 rings (SSSR count). The Morgan fingerprint density at radius 3 is 2.30 bits per heavy atom. The van der Waals surface area contributed by atoms with Crippen LogP contribution in [0.5, 0.6) is 0 Å². The maximum atomic E-state index is 13.1. The largest absolute Gasteiger partial charge is 0.659 e. The molecule has 0 saturated heterocycles. The number of hydrogen-bond acceptors (Lipinski definition) is 4. The summed E-state index contributed by atoms with van der Waals surface area (Å²) in [4.78, 5) is 14.8. The molecule has 3 heterocycles. The molecule has 4 fully saturated rings. The first-order valence-electron chi connectivity index (χ1n) is 11.0. The number of rotatable bonds is 3. The Balaban J connectivity index is 0.000000159. The van der Waals surface area contributed by atoms with Crippen LogP contribution in [0.2, 0.25) is 0 Å². The predicted molar refractivity (Wildman–Crippen MR) is 113 cm³/mol. The molecule has 0 unspecified atom stereocenters. The minimum absolute atomic E-state index is 0.0586. The Labute approximate surface area is 188 Å². The Hall–Kier alpha value is -2.88. The predicted octanol–water partition coefficient (Wildman–Crippen LogP) is 5.67. The van der Waals surface area contributed by atoms with Gasteiger partial charge in [0.05, 0.1) is 6.26 Å². The molecular weight excluding hydrogens is 437 g/mol. The molecule has 33 heavy (non-hydrogen) atoms. The second-order valence-electron chi connectivity index (χ2n) is 9.47. The monoisotopic (exact) mass is 461 g/mol. The van der Waals surface area contributed by atoms with Crippen LogP contribution in [0.25, 0.3) is 22.4 Å². The van der Waals surface area contributed by atoms with Gasteiger partial charge in [0.2, 0.25) is 0 Å². The van der Waals surface area contributed by atoms with Crippen LogP contribution in [0.4, 0.5) is 13.2 Å². The molecule has 0 radical (unpaired) electrons. The number of alkyl halides is 3. The lowest BCUT2D eigenvalue weighted by molar-refractivity contribution is -0.142. The summed E-state index contributed by atoms with van der Waals surface area (Å²) >= 11 is 0. The molecule has 176 valence electrons. The zero-order chi connectivity index (χ0) is 23.4. The molecule has 4 aliphatic rings. The number of fused-ring (bicyclic) bond motifs is 1. The standard InChI is InChI=1S/C12H6F3N3O3.C11H18N/c13-12(14,15)9-4-6(8-2-1-3-21-8)16-10-5-7(11(19)20)17-18(9)10;1-12-11-5-8-2-9(6-11)4-10(3-8)7-11/h1-5H,(H,19,20);8-10H,2-7H2,1H3/q;-1. The average Bonchev–Trinajstić information content (AvgIpc) is 3.42. The Bertz CT molecular complexity index is 1130. The van der Waals surface area contributed by atoms with Crippen LogP contribution in [0.1, 0.15) is 54.7 Å².